The second-order valence-corrected chi connectivity index (χ2v) is 7.61. The predicted octanol–water partition coefficient (Wildman–Crippen LogP) is 5.11. The number of nitrogens with zero attached hydrogens (tertiary/aromatic N) is 1. The van der Waals surface area contributed by atoms with Crippen molar-refractivity contribution in [2.75, 3.05) is 23.9 Å². The van der Waals surface area contributed by atoms with Crippen molar-refractivity contribution in [3.63, 3.8) is 0 Å². The number of carbonyl (C=O) groups excluding carboxylic acids is 2. The van der Waals surface area contributed by atoms with E-state index in [0.717, 1.165) is 22.3 Å². The van der Waals surface area contributed by atoms with Gasteiger partial charge >= 0.3 is 0 Å². The van der Waals surface area contributed by atoms with Crippen LogP contribution < -0.4 is 15.0 Å². The van der Waals surface area contributed by atoms with Crippen molar-refractivity contribution in [2.24, 2.45) is 5.92 Å². The summed E-state index contributed by atoms with van der Waals surface area (Å²) >= 11 is 3.46. The van der Waals surface area contributed by atoms with Gasteiger partial charge in [-0.1, -0.05) is 13.8 Å². The Morgan fingerprint density at radius 1 is 1.15 bits per heavy atom. The van der Waals surface area contributed by atoms with E-state index >= 15 is 0 Å². The van der Waals surface area contributed by atoms with Gasteiger partial charge in [-0.05, 0) is 70.7 Å². The zero-order chi connectivity index (χ0) is 20.0. The number of halogens is 1. The van der Waals surface area contributed by atoms with E-state index in [9.17, 15) is 9.59 Å². The molecule has 2 aromatic rings. The SMILES string of the molecule is CC(=O)N(C)c1ccc(NC(=O)c2ccc(OCCC(C)C)c(Br)c2)cc1. The number of nitrogens with one attached hydrogen (secondary N) is 1. The van der Waals surface area contributed by atoms with Crippen LogP contribution in [0.5, 0.6) is 5.75 Å². The summed E-state index contributed by atoms with van der Waals surface area (Å²) in [5.74, 6) is 1.05. The number of rotatable bonds is 7. The molecule has 0 fully saturated rings. The molecule has 0 aliphatic heterocycles. The van der Waals surface area contributed by atoms with Crippen molar-refractivity contribution in [1.29, 1.82) is 0 Å². The fourth-order valence-electron chi connectivity index (χ4n) is 2.32. The van der Waals surface area contributed by atoms with Crippen LogP contribution in [0.25, 0.3) is 0 Å². The fourth-order valence-corrected chi connectivity index (χ4v) is 2.81. The first-order valence-corrected chi connectivity index (χ1v) is 9.65. The summed E-state index contributed by atoms with van der Waals surface area (Å²) in [5.41, 5.74) is 1.96. The molecule has 0 saturated carbocycles. The summed E-state index contributed by atoms with van der Waals surface area (Å²) in [6.45, 7) is 6.44. The Morgan fingerprint density at radius 2 is 1.81 bits per heavy atom. The lowest BCUT2D eigenvalue weighted by Gasteiger charge is -2.15. The molecule has 0 saturated heterocycles. The molecule has 1 N–H and O–H groups in total. The normalized spacial score (nSPS) is 10.6. The summed E-state index contributed by atoms with van der Waals surface area (Å²) in [5, 5.41) is 2.85. The van der Waals surface area contributed by atoms with Gasteiger partial charge in [-0.2, -0.15) is 0 Å². The minimum atomic E-state index is -0.211. The van der Waals surface area contributed by atoms with Gasteiger partial charge in [0.1, 0.15) is 5.75 Å². The number of hydrogen-bond donors (Lipinski definition) is 1. The van der Waals surface area contributed by atoms with E-state index in [1.54, 1.807) is 54.4 Å². The van der Waals surface area contributed by atoms with Crippen LogP contribution in [0.4, 0.5) is 11.4 Å². The van der Waals surface area contributed by atoms with Gasteiger partial charge in [-0.25, -0.2) is 0 Å². The summed E-state index contributed by atoms with van der Waals surface area (Å²) in [6.07, 6.45) is 0.976. The van der Waals surface area contributed by atoms with Crippen LogP contribution in [0.1, 0.15) is 37.6 Å². The van der Waals surface area contributed by atoms with Gasteiger partial charge in [0.25, 0.3) is 5.91 Å². The van der Waals surface area contributed by atoms with Gasteiger partial charge in [0.2, 0.25) is 5.91 Å². The third-order valence-electron chi connectivity index (χ3n) is 4.13. The smallest absolute Gasteiger partial charge is 0.255 e. The average molecular weight is 433 g/mol. The Bertz CT molecular complexity index is 804. The minimum absolute atomic E-state index is 0.0488. The zero-order valence-corrected chi connectivity index (χ0v) is 17.7. The van der Waals surface area contributed by atoms with E-state index in [1.165, 1.54) is 6.92 Å². The molecular weight excluding hydrogens is 408 g/mol. The molecular formula is C21H25BrN2O3. The first kappa shape index (κ1) is 21.0. The Balaban J connectivity index is 2.01. The van der Waals surface area contributed by atoms with Crippen molar-refractivity contribution in [3.05, 3.63) is 52.5 Å². The summed E-state index contributed by atoms with van der Waals surface area (Å²) in [7, 11) is 1.71. The lowest BCUT2D eigenvalue weighted by Crippen LogP contribution is -2.22. The molecule has 0 radical (unpaired) electrons. The number of ether oxygens (including phenoxy) is 1. The van der Waals surface area contributed by atoms with Crippen LogP contribution in [0, 0.1) is 5.92 Å². The molecule has 2 amide bonds. The zero-order valence-electron chi connectivity index (χ0n) is 16.1. The molecule has 0 heterocycles. The Hall–Kier alpha value is -2.34. The van der Waals surface area contributed by atoms with Gasteiger partial charge < -0.3 is 15.0 Å². The monoisotopic (exact) mass is 432 g/mol. The van der Waals surface area contributed by atoms with Crippen LogP contribution in [0.2, 0.25) is 0 Å². The standard InChI is InChI=1S/C21H25BrN2O3/c1-14(2)11-12-27-20-10-5-16(13-19(20)22)21(26)23-17-6-8-18(9-7-17)24(4)15(3)25/h5-10,13-14H,11-12H2,1-4H3,(H,23,26). The Labute approximate surface area is 168 Å². The summed E-state index contributed by atoms with van der Waals surface area (Å²) in [6, 6.07) is 12.4. The molecule has 0 unspecified atom stereocenters. The molecule has 144 valence electrons. The van der Waals surface area contributed by atoms with E-state index in [1.807, 2.05) is 0 Å². The highest BCUT2D eigenvalue weighted by Gasteiger charge is 2.11. The number of hydrogen-bond acceptors (Lipinski definition) is 3. The minimum Gasteiger partial charge on any atom is -0.492 e. The molecule has 5 nitrogen and oxygen atoms in total. The van der Waals surface area contributed by atoms with Crippen molar-refractivity contribution >= 4 is 39.1 Å². The highest BCUT2D eigenvalue weighted by Crippen LogP contribution is 2.27. The highest BCUT2D eigenvalue weighted by atomic mass is 79.9. The van der Waals surface area contributed by atoms with Crippen LogP contribution in [-0.4, -0.2) is 25.5 Å². The van der Waals surface area contributed by atoms with Crippen molar-refractivity contribution in [2.45, 2.75) is 27.2 Å². The predicted molar refractivity (Wildman–Crippen MR) is 113 cm³/mol. The molecule has 0 spiro atoms. The van der Waals surface area contributed by atoms with Gasteiger partial charge in [0.05, 0.1) is 11.1 Å². The number of anilines is 2. The third kappa shape index (κ3) is 6.10. The molecule has 0 aliphatic rings. The molecule has 0 aromatic heterocycles. The lowest BCUT2D eigenvalue weighted by molar-refractivity contribution is -0.116. The van der Waals surface area contributed by atoms with Crippen LogP contribution in [0.15, 0.2) is 46.9 Å². The van der Waals surface area contributed by atoms with Crippen LogP contribution in [-0.2, 0) is 4.79 Å². The maximum atomic E-state index is 12.5. The van der Waals surface area contributed by atoms with Crippen molar-refractivity contribution in [1.82, 2.24) is 0 Å². The Kier molecular flexibility index (Phi) is 7.42. The number of carbonyl (C=O) groups is 2. The molecule has 6 heteroatoms. The Morgan fingerprint density at radius 3 is 2.37 bits per heavy atom. The highest BCUT2D eigenvalue weighted by molar-refractivity contribution is 9.10. The lowest BCUT2D eigenvalue weighted by atomic mass is 10.1. The topological polar surface area (TPSA) is 58.6 Å². The largest absolute Gasteiger partial charge is 0.492 e. The molecule has 2 aromatic carbocycles. The van der Waals surface area contributed by atoms with Gasteiger partial charge in [0.15, 0.2) is 0 Å². The average Bonchev–Trinajstić information content (AvgIpc) is 2.62. The second kappa shape index (κ2) is 9.55. The van der Waals surface area contributed by atoms with E-state index < -0.39 is 0 Å². The molecule has 0 bridgehead atoms. The van der Waals surface area contributed by atoms with Crippen LogP contribution in [0.3, 0.4) is 0 Å². The van der Waals surface area contributed by atoms with Crippen molar-refractivity contribution in [3.8, 4) is 5.75 Å². The summed E-state index contributed by atoms with van der Waals surface area (Å²) < 4.78 is 6.49. The van der Waals surface area contributed by atoms with Gasteiger partial charge in [0, 0.05) is 30.9 Å². The van der Waals surface area contributed by atoms with Gasteiger partial charge in [-0.15, -0.1) is 0 Å². The molecule has 0 atom stereocenters. The van der Waals surface area contributed by atoms with E-state index in [0.29, 0.717) is 23.8 Å². The first-order valence-electron chi connectivity index (χ1n) is 8.86. The third-order valence-corrected chi connectivity index (χ3v) is 4.75. The molecule has 2 rings (SSSR count). The quantitative estimate of drug-likeness (QED) is 0.660. The van der Waals surface area contributed by atoms with Crippen molar-refractivity contribution < 1.29 is 14.3 Å². The maximum Gasteiger partial charge on any atom is 0.255 e. The number of amides is 2. The van der Waals surface area contributed by atoms with E-state index in [2.05, 4.69) is 35.1 Å². The van der Waals surface area contributed by atoms with Crippen LogP contribution >= 0.6 is 15.9 Å². The molecule has 0 aliphatic carbocycles. The summed E-state index contributed by atoms with van der Waals surface area (Å²) in [4.78, 5) is 25.4. The fraction of sp³-hybridized carbons (Fsp3) is 0.333. The van der Waals surface area contributed by atoms with E-state index in [-0.39, 0.29) is 11.8 Å². The van der Waals surface area contributed by atoms with Gasteiger partial charge in [-0.3, -0.25) is 9.59 Å². The maximum absolute atomic E-state index is 12.5. The van der Waals surface area contributed by atoms with E-state index in [4.69, 9.17) is 4.74 Å². The molecule has 27 heavy (non-hydrogen) atoms. The first-order chi connectivity index (χ1) is 12.8. The second-order valence-electron chi connectivity index (χ2n) is 6.76. The number of benzene rings is 2.